The molecule has 0 bridgehead atoms. The van der Waals surface area contributed by atoms with Crippen molar-refractivity contribution in [3.63, 3.8) is 0 Å². The number of rotatable bonds is 32. The molecule has 0 aromatic heterocycles. The lowest BCUT2D eigenvalue weighted by atomic mass is 9.93. The Morgan fingerprint density at radius 1 is 0.559 bits per heavy atom. The Labute approximate surface area is 536 Å². The van der Waals surface area contributed by atoms with Gasteiger partial charge in [0.25, 0.3) is 0 Å². The number of phenolic OH excluding ortho intramolecular Hbond substituents is 1. The van der Waals surface area contributed by atoms with Crippen molar-refractivity contribution in [2.24, 2.45) is 5.73 Å². The van der Waals surface area contributed by atoms with Gasteiger partial charge in [-0.05, 0) is 101 Å². The number of carbonyl (C=O) groups is 3. The maximum atomic E-state index is 14.4. The smallest absolute Gasteiger partial charge is 0.416 e. The first-order chi connectivity index (χ1) is 44.9. The molecule has 2 aliphatic heterocycles. The number of alkyl halides is 3. The number of nitrogens with two attached hydrogens (primary N) is 1. The number of benzene rings is 6. The van der Waals surface area contributed by atoms with E-state index in [-0.39, 0.29) is 70.0 Å². The van der Waals surface area contributed by atoms with Gasteiger partial charge in [-0.1, -0.05) is 60.7 Å². The minimum Gasteiger partial charge on any atom is -0.508 e. The van der Waals surface area contributed by atoms with E-state index in [0.717, 1.165) is 34.4 Å². The third kappa shape index (κ3) is 23.6. The number of ether oxygens (including phenoxy) is 14. The summed E-state index contributed by atoms with van der Waals surface area (Å²) in [4.78, 5) is 38.2. The number of carbonyl (C=O) groups excluding carboxylic acids is 2. The van der Waals surface area contributed by atoms with Gasteiger partial charge in [0.1, 0.15) is 65.8 Å². The van der Waals surface area contributed by atoms with E-state index in [2.05, 4.69) is 21.3 Å². The molecular formula is C66H80F3N5O19. The van der Waals surface area contributed by atoms with Crippen LogP contribution in [0, 0.1) is 0 Å². The molecule has 93 heavy (non-hydrogen) atoms. The predicted molar refractivity (Wildman–Crippen MR) is 332 cm³/mol. The fraction of sp³-hybridized carbons (Fsp3) is 0.409. The summed E-state index contributed by atoms with van der Waals surface area (Å²) in [7, 11) is 7.84. The molecular weight excluding hydrogens is 1220 g/mol. The van der Waals surface area contributed by atoms with E-state index in [1.807, 2.05) is 48.5 Å². The van der Waals surface area contributed by atoms with Crippen LogP contribution in [0.3, 0.4) is 0 Å². The van der Waals surface area contributed by atoms with Gasteiger partial charge in [-0.25, -0.2) is 14.4 Å². The molecule has 9 atom stereocenters. The summed E-state index contributed by atoms with van der Waals surface area (Å²) in [5, 5.41) is 29.6. The minimum absolute atomic E-state index is 0.0269. The lowest BCUT2D eigenvalue weighted by Crippen LogP contribution is -2.70. The number of halogens is 3. The number of nitrogens with one attached hydrogen (secondary N) is 4. The topological polar surface area (TPSA) is 295 Å². The molecule has 27 heteroatoms. The van der Waals surface area contributed by atoms with Gasteiger partial charge in [0, 0.05) is 24.6 Å². The van der Waals surface area contributed by atoms with Gasteiger partial charge in [-0.2, -0.15) is 13.2 Å². The average molecular weight is 1300 g/mol. The molecule has 0 radical (unpaired) electrons. The molecule has 2 saturated heterocycles. The third-order valence-corrected chi connectivity index (χ3v) is 14.5. The van der Waals surface area contributed by atoms with E-state index < -0.39 is 84.7 Å². The Morgan fingerprint density at radius 2 is 1.03 bits per heavy atom. The van der Waals surface area contributed by atoms with Crippen LogP contribution in [0.2, 0.25) is 0 Å². The largest absolute Gasteiger partial charge is 0.508 e. The summed E-state index contributed by atoms with van der Waals surface area (Å²) in [6, 6.07) is 34.0. The molecule has 8 rings (SSSR count). The van der Waals surface area contributed by atoms with E-state index in [0.29, 0.717) is 49.4 Å². The first-order valence-corrected chi connectivity index (χ1v) is 29.5. The van der Waals surface area contributed by atoms with Crippen molar-refractivity contribution < 1.29 is 104 Å². The molecule has 6 aromatic carbocycles. The zero-order chi connectivity index (χ0) is 66.5. The van der Waals surface area contributed by atoms with Crippen LogP contribution >= 0.6 is 0 Å². The van der Waals surface area contributed by atoms with Crippen LogP contribution in [-0.2, 0) is 84.8 Å². The monoisotopic (exact) mass is 1300 g/mol. The van der Waals surface area contributed by atoms with Crippen LogP contribution in [0.25, 0.3) is 0 Å². The number of aromatic hydroxyl groups is 1. The molecule has 4 unspecified atom stereocenters. The maximum absolute atomic E-state index is 14.4. The Balaban J connectivity index is 0.000000924. The zero-order valence-electron chi connectivity index (χ0n) is 52.1. The van der Waals surface area contributed by atoms with Crippen molar-refractivity contribution in [1.82, 2.24) is 10.6 Å². The minimum atomic E-state index is -4.68. The van der Waals surface area contributed by atoms with Crippen LogP contribution in [0.1, 0.15) is 27.8 Å². The number of phenols is 1. The number of aliphatic carboxylic acids is 1. The molecule has 2 aliphatic rings. The van der Waals surface area contributed by atoms with Crippen molar-refractivity contribution in [2.75, 3.05) is 99.0 Å². The van der Waals surface area contributed by atoms with Gasteiger partial charge in [0.15, 0.2) is 6.29 Å². The van der Waals surface area contributed by atoms with Crippen molar-refractivity contribution in [2.45, 2.75) is 87.5 Å². The highest BCUT2D eigenvalue weighted by Gasteiger charge is 2.52. The molecule has 6 aromatic rings. The summed E-state index contributed by atoms with van der Waals surface area (Å²) in [6.07, 6.45) is -11.5. The molecule has 0 saturated carbocycles. The lowest BCUT2D eigenvalue weighted by Gasteiger charge is -2.49. The SMILES string of the molecule is COCCOCCOCC(=O)O.COc1ccc(COCC2O[C@@H](O[C@@H]3C(NC(=O)Nc4cccc(C(F)(F)F)c4)COC(COCc4ccc(OC)cc4)[C@@H]3N)C(NC(=O)Nc3cccc(O)c3)[C@@H](OCc3ccc(OC)cc3)[C@@H]2OCc2ccc(OC)cc2)cc1. The van der Waals surface area contributed by atoms with E-state index in [4.69, 9.17) is 77.2 Å². The summed E-state index contributed by atoms with van der Waals surface area (Å²) < 4.78 is 124. The molecule has 0 spiro atoms. The number of anilines is 2. The second-order valence-corrected chi connectivity index (χ2v) is 21.1. The van der Waals surface area contributed by atoms with Crippen molar-refractivity contribution >= 4 is 29.4 Å². The Hall–Kier alpha value is -8.32. The number of carboxylic acid groups (broad SMARTS) is 1. The quantitative estimate of drug-likeness (QED) is 0.0195. The standard InChI is InChI=1S/C59H66F3N5O14.C7H14O5/c1-71-44-19-11-36(12-20-44)29-75-34-49-51(63)53(48(33-77-49)66-57(69)64-41-8-5-7-40(27-41)59(60,61)62)81-56-52(67-58(70)65-42-9-6-10-43(68)28-42)55(79-32-39-17-25-47(74-4)26-18-39)54(78-31-38-15-23-46(73-3)24-16-38)50(80-56)35-76-30-37-13-21-45(72-2)22-14-37;1-10-2-3-11-4-5-12-6-7(8)9/h5-28,48-56,68H,29-35,63H2,1-4H3,(H2,64,66,69)(H2,65,67,70);2-6H2,1H3,(H,8,9)/t48?,49?,50?,51-,52?,53+,54+,55+,56-;/m0./s1. The number of hydrogen-bond acceptors (Lipinski definition) is 19. The second kappa shape index (κ2) is 37.4. The number of carboxylic acids is 1. The molecule has 2 heterocycles. The molecule has 504 valence electrons. The van der Waals surface area contributed by atoms with Crippen molar-refractivity contribution in [3.05, 3.63) is 173 Å². The van der Waals surface area contributed by atoms with Gasteiger partial charge < -0.3 is 104 Å². The van der Waals surface area contributed by atoms with E-state index >= 15 is 0 Å². The number of amides is 4. The molecule has 24 nitrogen and oxygen atoms in total. The van der Waals surface area contributed by atoms with Gasteiger partial charge in [0.05, 0.1) is 125 Å². The van der Waals surface area contributed by atoms with Crippen LogP contribution in [-0.4, -0.2) is 172 Å². The summed E-state index contributed by atoms with van der Waals surface area (Å²) >= 11 is 0. The number of hydrogen-bond donors (Lipinski definition) is 7. The summed E-state index contributed by atoms with van der Waals surface area (Å²) in [5.74, 6) is 1.49. The highest BCUT2D eigenvalue weighted by Crippen LogP contribution is 2.34. The fourth-order valence-corrected chi connectivity index (χ4v) is 9.63. The zero-order valence-corrected chi connectivity index (χ0v) is 52.1. The highest BCUT2D eigenvalue weighted by molar-refractivity contribution is 5.90. The molecule has 4 amide bonds. The summed E-state index contributed by atoms with van der Waals surface area (Å²) in [6.45, 7) is 1.37. The average Bonchev–Trinajstić information content (AvgIpc) is 0.792. The maximum Gasteiger partial charge on any atom is 0.416 e. The van der Waals surface area contributed by atoms with Crippen molar-refractivity contribution in [3.8, 4) is 28.7 Å². The van der Waals surface area contributed by atoms with Gasteiger partial charge >= 0.3 is 24.2 Å². The van der Waals surface area contributed by atoms with E-state index in [9.17, 15) is 32.7 Å². The number of urea groups is 2. The van der Waals surface area contributed by atoms with Crippen LogP contribution in [0.4, 0.5) is 34.1 Å². The normalized spacial score (nSPS) is 20.2. The Bertz CT molecular complexity index is 3190. The van der Waals surface area contributed by atoms with Crippen LogP contribution in [0.15, 0.2) is 146 Å². The molecule has 8 N–H and O–H groups in total. The lowest BCUT2D eigenvalue weighted by molar-refractivity contribution is -0.308. The number of methoxy groups -OCH3 is 5. The van der Waals surface area contributed by atoms with E-state index in [1.54, 1.807) is 96.2 Å². The Morgan fingerprint density at radius 3 is 1.54 bits per heavy atom. The van der Waals surface area contributed by atoms with Gasteiger partial charge in [-0.3, -0.25) is 0 Å². The molecule has 0 aliphatic carbocycles. The van der Waals surface area contributed by atoms with Gasteiger partial charge in [-0.15, -0.1) is 0 Å². The Kier molecular flexibility index (Phi) is 29.0. The van der Waals surface area contributed by atoms with Crippen LogP contribution < -0.4 is 45.9 Å². The van der Waals surface area contributed by atoms with Crippen LogP contribution in [0.5, 0.6) is 28.7 Å². The highest BCUT2D eigenvalue weighted by atomic mass is 19.4. The van der Waals surface area contributed by atoms with Crippen molar-refractivity contribution in [1.29, 1.82) is 0 Å². The fourth-order valence-electron chi connectivity index (χ4n) is 9.63. The second-order valence-electron chi connectivity index (χ2n) is 21.1. The van der Waals surface area contributed by atoms with Gasteiger partial charge in [0.2, 0.25) is 0 Å². The summed E-state index contributed by atoms with van der Waals surface area (Å²) in [5.41, 5.74) is 9.40. The predicted octanol–water partition coefficient (Wildman–Crippen LogP) is 8.32. The first-order valence-electron chi connectivity index (χ1n) is 29.5. The first kappa shape index (κ1) is 72.1. The van der Waals surface area contributed by atoms with E-state index in [1.165, 1.54) is 24.3 Å². The third-order valence-electron chi connectivity index (χ3n) is 14.5. The molecule has 2 fully saturated rings.